The summed E-state index contributed by atoms with van der Waals surface area (Å²) in [6, 6.07) is 26.6. The van der Waals surface area contributed by atoms with Crippen molar-refractivity contribution in [2.24, 2.45) is 0 Å². The van der Waals surface area contributed by atoms with Crippen molar-refractivity contribution in [2.75, 3.05) is 6.61 Å². The normalized spacial score (nSPS) is 18.0. The van der Waals surface area contributed by atoms with E-state index >= 15 is 8.78 Å². The van der Waals surface area contributed by atoms with Crippen LogP contribution in [0.5, 0.6) is 0 Å². The minimum absolute atomic E-state index is 0.323. The highest BCUT2D eigenvalue weighted by atomic mass is 19.2. The van der Waals surface area contributed by atoms with Crippen molar-refractivity contribution in [3.8, 4) is 22.3 Å². The van der Waals surface area contributed by atoms with Crippen molar-refractivity contribution in [3.63, 3.8) is 0 Å². The van der Waals surface area contributed by atoms with Gasteiger partial charge in [-0.05, 0) is 46.7 Å². The van der Waals surface area contributed by atoms with E-state index < -0.39 is 17.6 Å². The Bertz CT molecular complexity index is 1330. The molecule has 0 aromatic heterocycles. The Hall–Kier alpha value is -3.04. The predicted octanol–water partition coefficient (Wildman–Crippen LogP) is 13.6. The maximum atomic E-state index is 16.2. The maximum absolute atomic E-state index is 16.2. The van der Waals surface area contributed by atoms with Gasteiger partial charge in [-0.3, -0.25) is 0 Å². The number of allylic oxidation sites excluding steroid dienone is 2. The summed E-state index contributed by atoms with van der Waals surface area (Å²) in [6.07, 6.45) is 19.9. The molecular formula is C43H56F2O. The smallest absolute Gasteiger partial charge is 0.184 e. The summed E-state index contributed by atoms with van der Waals surface area (Å²) >= 11 is 0. The van der Waals surface area contributed by atoms with E-state index in [1.807, 2.05) is 48.5 Å². The first-order valence-corrected chi connectivity index (χ1v) is 18.2. The van der Waals surface area contributed by atoms with Crippen molar-refractivity contribution in [2.45, 2.75) is 128 Å². The molecule has 0 heterocycles. The van der Waals surface area contributed by atoms with Gasteiger partial charge in [0.05, 0.1) is 0 Å². The summed E-state index contributed by atoms with van der Waals surface area (Å²) in [5, 5.41) is 0. The number of unbranched alkanes of at least 4 members (excludes halogenated alkanes) is 13. The van der Waals surface area contributed by atoms with Crippen LogP contribution in [0, 0.1) is 0 Å². The fourth-order valence-corrected chi connectivity index (χ4v) is 6.56. The van der Waals surface area contributed by atoms with Gasteiger partial charge in [-0.25, -0.2) is 8.78 Å². The molecule has 3 aromatic carbocycles. The lowest BCUT2D eigenvalue weighted by atomic mass is 9.82. The van der Waals surface area contributed by atoms with Gasteiger partial charge in [-0.1, -0.05) is 189 Å². The molecule has 0 aliphatic heterocycles. The minimum atomic E-state index is -1.80. The van der Waals surface area contributed by atoms with E-state index in [1.165, 1.54) is 68.9 Å². The van der Waals surface area contributed by atoms with Gasteiger partial charge in [0, 0.05) is 12.2 Å². The Morgan fingerprint density at radius 3 is 1.50 bits per heavy atom. The average Bonchev–Trinajstić information content (AvgIpc) is 3.10. The summed E-state index contributed by atoms with van der Waals surface area (Å²) in [5.41, 5.74) is 4.27. The number of hydrogen-bond acceptors (Lipinski definition) is 1. The summed E-state index contributed by atoms with van der Waals surface area (Å²) < 4.78 is 38.3. The van der Waals surface area contributed by atoms with Crippen LogP contribution >= 0.6 is 0 Å². The largest absolute Gasteiger partial charge is 0.367 e. The summed E-state index contributed by atoms with van der Waals surface area (Å²) in [6.45, 7) is 4.91. The SMILES string of the molecule is CCCCCCCCCCCCC1(OCCCCCCC)C=CC(c2ccc(-c3ccc(-c4ccccc4)cc3)cc2)=C(F)C1F. The second-order valence-electron chi connectivity index (χ2n) is 13.1. The zero-order valence-electron chi connectivity index (χ0n) is 28.4. The number of hydrogen-bond donors (Lipinski definition) is 0. The van der Waals surface area contributed by atoms with Crippen LogP contribution in [0.3, 0.4) is 0 Å². The molecule has 248 valence electrons. The van der Waals surface area contributed by atoms with E-state index in [4.69, 9.17) is 4.74 Å². The molecule has 2 atom stereocenters. The number of halogens is 2. The molecule has 0 spiro atoms. The van der Waals surface area contributed by atoms with Crippen molar-refractivity contribution >= 4 is 5.57 Å². The van der Waals surface area contributed by atoms with E-state index in [-0.39, 0.29) is 0 Å². The number of rotatable bonds is 21. The first-order valence-electron chi connectivity index (χ1n) is 18.2. The van der Waals surface area contributed by atoms with E-state index in [2.05, 4.69) is 50.2 Å². The number of benzene rings is 3. The Morgan fingerprint density at radius 2 is 0.978 bits per heavy atom. The van der Waals surface area contributed by atoms with Gasteiger partial charge in [0.2, 0.25) is 0 Å². The summed E-state index contributed by atoms with van der Waals surface area (Å²) in [4.78, 5) is 0. The molecule has 0 fully saturated rings. The molecule has 3 aromatic rings. The molecule has 4 rings (SSSR count). The van der Waals surface area contributed by atoms with Gasteiger partial charge in [-0.15, -0.1) is 0 Å². The zero-order chi connectivity index (χ0) is 32.5. The lowest BCUT2D eigenvalue weighted by molar-refractivity contribution is -0.0651. The van der Waals surface area contributed by atoms with Crippen LogP contribution in [0.1, 0.15) is 122 Å². The van der Waals surface area contributed by atoms with Gasteiger partial charge >= 0.3 is 0 Å². The standard InChI is InChI=1S/C43H56F2O/c1-3-5-7-9-10-11-12-13-14-19-32-43(46-34-20-15-8-6-4-2)33-31-40(41(44)42(43)45)39-29-27-38(28-30-39)37-25-23-36(24-26-37)35-21-17-16-18-22-35/h16-18,21-31,33,42H,3-15,19-20,32,34H2,1-2H3. The Morgan fingerprint density at radius 1 is 0.543 bits per heavy atom. The average molecular weight is 627 g/mol. The molecule has 1 aliphatic carbocycles. The highest BCUT2D eigenvalue weighted by molar-refractivity contribution is 5.80. The molecule has 0 saturated heterocycles. The second kappa shape index (κ2) is 19.6. The van der Waals surface area contributed by atoms with Crippen LogP contribution in [0.15, 0.2) is 96.8 Å². The predicted molar refractivity (Wildman–Crippen MR) is 193 cm³/mol. The number of alkyl halides is 1. The molecular weight excluding hydrogens is 570 g/mol. The molecule has 0 amide bonds. The van der Waals surface area contributed by atoms with E-state index in [0.29, 0.717) is 24.2 Å². The first-order chi connectivity index (χ1) is 22.6. The van der Waals surface area contributed by atoms with E-state index in [9.17, 15) is 0 Å². The molecule has 1 nitrogen and oxygen atoms in total. The van der Waals surface area contributed by atoms with Gasteiger partial charge < -0.3 is 4.74 Å². The molecule has 0 bridgehead atoms. The fourth-order valence-electron chi connectivity index (χ4n) is 6.56. The maximum Gasteiger partial charge on any atom is 0.184 e. The minimum Gasteiger partial charge on any atom is -0.367 e. The van der Waals surface area contributed by atoms with E-state index in [1.54, 1.807) is 6.08 Å². The fraction of sp³-hybridized carbons (Fsp3) is 0.488. The van der Waals surface area contributed by atoms with Crippen LogP contribution in [-0.4, -0.2) is 18.4 Å². The van der Waals surface area contributed by atoms with Crippen LogP contribution in [-0.2, 0) is 4.74 Å². The van der Waals surface area contributed by atoms with Gasteiger partial charge in [-0.2, -0.15) is 0 Å². The monoisotopic (exact) mass is 626 g/mol. The highest BCUT2D eigenvalue weighted by Gasteiger charge is 2.44. The van der Waals surface area contributed by atoms with Gasteiger partial charge in [0.25, 0.3) is 0 Å². The molecule has 2 unspecified atom stereocenters. The third kappa shape index (κ3) is 10.5. The topological polar surface area (TPSA) is 9.23 Å². The molecule has 0 N–H and O–H groups in total. The van der Waals surface area contributed by atoms with Crippen LogP contribution in [0.25, 0.3) is 27.8 Å². The third-order valence-electron chi connectivity index (χ3n) is 9.50. The Balaban J connectivity index is 1.37. The summed E-state index contributed by atoms with van der Waals surface area (Å²) in [5.74, 6) is -0.708. The van der Waals surface area contributed by atoms with Crippen molar-refractivity contribution in [1.29, 1.82) is 0 Å². The second-order valence-corrected chi connectivity index (χ2v) is 13.1. The van der Waals surface area contributed by atoms with Crippen molar-refractivity contribution in [3.05, 3.63) is 102 Å². The molecule has 1 aliphatic rings. The quantitative estimate of drug-likeness (QED) is 0.107. The first kappa shape index (κ1) is 35.8. The molecule has 3 heteroatoms. The Kier molecular flexibility index (Phi) is 15.2. The number of ether oxygens (including phenoxy) is 1. The highest BCUT2D eigenvalue weighted by Crippen LogP contribution is 2.41. The molecule has 0 radical (unpaired) electrons. The molecule has 0 saturated carbocycles. The van der Waals surface area contributed by atoms with E-state index in [0.717, 1.165) is 49.7 Å². The third-order valence-corrected chi connectivity index (χ3v) is 9.50. The Labute approximate surface area is 278 Å². The lowest BCUT2D eigenvalue weighted by Gasteiger charge is -2.36. The van der Waals surface area contributed by atoms with Gasteiger partial charge in [0.1, 0.15) is 11.4 Å². The van der Waals surface area contributed by atoms with Crippen LogP contribution < -0.4 is 0 Å². The van der Waals surface area contributed by atoms with Gasteiger partial charge in [0.15, 0.2) is 6.17 Å². The van der Waals surface area contributed by atoms with Crippen molar-refractivity contribution < 1.29 is 13.5 Å². The zero-order valence-corrected chi connectivity index (χ0v) is 28.4. The van der Waals surface area contributed by atoms with Crippen LogP contribution in [0.4, 0.5) is 8.78 Å². The summed E-state index contributed by atoms with van der Waals surface area (Å²) in [7, 11) is 0. The van der Waals surface area contributed by atoms with Crippen molar-refractivity contribution in [1.82, 2.24) is 0 Å². The van der Waals surface area contributed by atoms with Crippen LogP contribution in [0.2, 0.25) is 0 Å². The lowest BCUT2D eigenvalue weighted by Crippen LogP contribution is -2.43. The molecule has 46 heavy (non-hydrogen) atoms.